The highest BCUT2D eigenvalue weighted by molar-refractivity contribution is 7.12. The topological polar surface area (TPSA) is 98.0 Å². The Hall–Kier alpha value is -0.950. The molecule has 0 unspecified atom stereocenters. The van der Waals surface area contributed by atoms with Gasteiger partial charge in [0, 0.05) is 21.7 Å². The van der Waals surface area contributed by atoms with E-state index in [0.717, 1.165) is 17.7 Å². The molecule has 1 heterocycles. The van der Waals surface area contributed by atoms with E-state index >= 15 is 0 Å². The van der Waals surface area contributed by atoms with Gasteiger partial charge < -0.3 is 20.4 Å². The normalized spacial score (nSPS) is 31.1. The van der Waals surface area contributed by atoms with Crippen molar-refractivity contribution in [1.82, 2.24) is 0 Å². The minimum absolute atomic E-state index is 0.223. The fourth-order valence-electron chi connectivity index (χ4n) is 2.27. The second-order valence-corrected chi connectivity index (χ2v) is 5.79. The second-order valence-electron chi connectivity index (χ2n) is 4.62. The lowest BCUT2D eigenvalue weighted by Gasteiger charge is -2.34. The monoisotopic (exact) mass is 272 g/mol. The molecule has 0 saturated carbocycles. The van der Waals surface area contributed by atoms with Gasteiger partial charge in [-0.05, 0) is 12.5 Å². The Balaban J connectivity index is 2.52. The standard InChI is InChI=1S/C12H16O5S/c1-2-3-6-4-7-10(18-6)9(14)8(13)5-12(7,17)11(15)16/h4,8-9,13-14,17H,2-3,5H2,1H3,(H,15,16)/t8-,9+,12-/m1/s1. The Bertz CT molecular complexity index is 469. The number of hydrogen-bond acceptors (Lipinski definition) is 5. The number of carboxylic acids is 1. The molecule has 5 nitrogen and oxygen atoms in total. The predicted octanol–water partition coefficient (Wildman–Crippen LogP) is 0.771. The van der Waals surface area contributed by atoms with Crippen LogP contribution in [0.4, 0.5) is 0 Å². The fraction of sp³-hybridized carbons (Fsp3) is 0.583. The maximum absolute atomic E-state index is 11.2. The van der Waals surface area contributed by atoms with Gasteiger partial charge >= 0.3 is 5.97 Å². The number of hydrogen-bond donors (Lipinski definition) is 4. The molecule has 18 heavy (non-hydrogen) atoms. The summed E-state index contributed by atoms with van der Waals surface area (Å²) in [6.45, 7) is 1.99. The molecule has 1 aliphatic carbocycles. The minimum Gasteiger partial charge on any atom is -0.479 e. The number of aliphatic hydroxyl groups excluding tert-OH is 2. The quantitative estimate of drug-likeness (QED) is 0.651. The fourth-order valence-corrected chi connectivity index (χ4v) is 3.65. The van der Waals surface area contributed by atoms with Crippen LogP contribution in [0.1, 0.15) is 41.2 Å². The van der Waals surface area contributed by atoms with Crippen LogP contribution in [0.3, 0.4) is 0 Å². The lowest BCUT2D eigenvalue weighted by atomic mass is 9.80. The summed E-state index contributed by atoms with van der Waals surface area (Å²) in [5.41, 5.74) is -1.88. The van der Waals surface area contributed by atoms with Crippen molar-refractivity contribution in [3.05, 3.63) is 21.4 Å². The summed E-state index contributed by atoms with van der Waals surface area (Å²) in [6, 6.07) is 1.63. The average Bonchev–Trinajstić information content (AvgIpc) is 2.71. The third-order valence-corrected chi connectivity index (χ3v) is 4.51. The van der Waals surface area contributed by atoms with Crippen LogP contribution in [0.2, 0.25) is 0 Å². The van der Waals surface area contributed by atoms with Crippen molar-refractivity contribution in [3.8, 4) is 0 Å². The van der Waals surface area contributed by atoms with Gasteiger partial charge in [0.2, 0.25) is 0 Å². The van der Waals surface area contributed by atoms with Gasteiger partial charge in [-0.3, -0.25) is 0 Å². The number of carbonyl (C=O) groups is 1. The third kappa shape index (κ3) is 1.95. The second kappa shape index (κ2) is 4.62. The molecule has 0 amide bonds. The summed E-state index contributed by atoms with van der Waals surface area (Å²) in [4.78, 5) is 12.5. The predicted molar refractivity (Wildman–Crippen MR) is 65.4 cm³/mol. The molecule has 6 heteroatoms. The van der Waals surface area contributed by atoms with E-state index in [1.165, 1.54) is 11.3 Å². The molecule has 0 aliphatic heterocycles. The molecule has 0 bridgehead atoms. The van der Waals surface area contributed by atoms with Gasteiger partial charge in [0.15, 0.2) is 5.60 Å². The lowest BCUT2D eigenvalue weighted by molar-refractivity contribution is -0.168. The SMILES string of the molecule is CCCc1cc2c(s1)[C@@H](O)[C@H](O)C[C@]2(O)C(=O)O. The van der Waals surface area contributed by atoms with E-state index in [9.17, 15) is 20.1 Å². The first kappa shape index (κ1) is 13.5. The summed E-state index contributed by atoms with van der Waals surface area (Å²) in [5.74, 6) is -1.39. The molecule has 0 aromatic carbocycles. The largest absolute Gasteiger partial charge is 0.479 e. The van der Waals surface area contributed by atoms with Crippen molar-refractivity contribution >= 4 is 17.3 Å². The Morgan fingerprint density at radius 3 is 2.78 bits per heavy atom. The Labute approximate surface area is 108 Å². The van der Waals surface area contributed by atoms with Gasteiger partial charge in [0.05, 0.1) is 6.10 Å². The van der Waals surface area contributed by atoms with E-state index in [0.29, 0.717) is 4.88 Å². The maximum atomic E-state index is 11.2. The van der Waals surface area contributed by atoms with Crippen LogP contribution < -0.4 is 0 Å². The van der Waals surface area contributed by atoms with Crippen molar-refractivity contribution in [1.29, 1.82) is 0 Å². The molecule has 3 atom stereocenters. The molecule has 0 spiro atoms. The molecule has 100 valence electrons. The molecule has 0 radical (unpaired) electrons. The number of aliphatic carboxylic acids is 1. The van der Waals surface area contributed by atoms with Gasteiger partial charge in [-0.2, -0.15) is 0 Å². The van der Waals surface area contributed by atoms with E-state index in [1.807, 2.05) is 6.92 Å². The molecular weight excluding hydrogens is 256 g/mol. The molecular formula is C12H16O5S. The van der Waals surface area contributed by atoms with E-state index < -0.39 is 30.2 Å². The molecule has 1 aromatic heterocycles. The zero-order valence-electron chi connectivity index (χ0n) is 9.96. The Kier molecular flexibility index (Phi) is 3.46. The van der Waals surface area contributed by atoms with E-state index in [-0.39, 0.29) is 5.56 Å². The first-order valence-electron chi connectivity index (χ1n) is 5.85. The van der Waals surface area contributed by atoms with E-state index in [1.54, 1.807) is 6.07 Å². The van der Waals surface area contributed by atoms with Crippen molar-refractivity contribution < 1.29 is 25.2 Å². The number of aliphatic hydroxyl groups is 3. The van der Waals surface area contributed by atoms with Crippen LogP contribution in [0.25, 0.3) is 0 Å². The summed E-state index contributed by atoms with van der Waals surface area (Å²) >= 11 is 1.26. The third-order valence-electron chi connectivity index (χ3n) is 3.25. The average molecular weight is 272 g/mol. The first-order chi connectivity index (χ1) is 8.40. The first-order valence-corrected chi connectivity index (χ1v) is 6.66. The van der Waals surface area contributed by atoms with Crippen molar-refractivity contribution in [2.75, 3.05) is 0 Å². The Morgan fingerprint density at radius 1 is 1.56 bits per heavy atom. The van der Waals surface area contributed by atoms with Crippen molar-refractivity contribution in [2.24, 2.45) is 0 Å². The van der Waals surface area contributed by atoms with Crippen LogP contribution in [0.5, 0.6) is 0 Å². The number of aryl methyl sites for hydroxylation is 1. The summed E-state index contributed by atoms with van der Waals surface area (Å²) < 4.78 is 0. The van der Waals surface area contributed by atoms with Gasteiger partial charge in [0.1, 0.15) is 6.10 Å². The van der Waals surface area contributed by atoms with Crippen LogP contribution in [-0.2, 0) is 16.8 Å². The van der Waals surface area contributed by atoms with Crippen molar-refractivity contribution in [3.63, 3.8) is 0 Å². The molecule has 2 rings (SSSR count). The molecule has 4 N–H and O–H groups in total. The number of fused-ring (bicyclic) bond motifs is 1. The Morgan fingerprint density at radius 2 is 2.22 bits per heavy atom. The smallest absolute Gasteiger partial charge is 0.340 e. The van der Waals surface area contributed by atoms with Gasteiger partial charge in [0.25, 0.3) is 0 Å². The van der Waals surface area contributed by atoms with Crippen molar-refractivity contribution in [2.45, 2.75) is 44.0 Å². The summed E-state index contributed by atoms with van der Waals surface area (Å²) in [5, 5.41) is 38.9. The number of carboxylic acid groups (broad SMARTS) is 1. The molecule has 0 fully saturated rings. The summed E-state index contributed by atoms with van der Waals surface area (Å²) in [7, 11) is 0. The highest BCUT2D eigenvalue weighted by atomic mass is 32.1. The van der Waals surface area contributed by atoms with E-state index in [4.69, 9.17) is 5.11 Å². The van der Waals surface area contributed by atoms with Crippen LogP contribution in [0.15, 0.2) is 6.07 Å². The summed E-state index contributed by atoms with van der Waals surface area (Å²) in [6.07, 6.45) is -1.11. The lowest BCUT2D eigenvalue weighted by Crippen LogP contribution is -2.44. The maximum Gasteiger partial charge on any atom is 0.340 e. The highest BCUT2D eigenvalue weighted by Gasteiger charge is 2.49. The zero-order valence-corrected chi connectivity index (χ0v) is 10.8. The van der Waals surface area contributed by atoms with Crippen LogP contribution in [-0.4, -0.2) is 32.5 Å². The number of rotatable bonds is 3. The van der Waals surface area contributed by atoms with Gasteiger partial charge in [-0.1, -0.05) is 13.3 Å². The number of thiophene rings is 1. The minimum atomic E-state index is -2.10. The van der Waals surface area contributed by atoms with Gasteiger partial charge in [-0.25, -0.2) is 4.79 Å². The molecule has 0 saturated heterocycles. The van der Waals surface area contributed by atoms with Gasteiger partial charge in [-0.15, -0.1) is 11.3 Å². The van der Waals surface area contributed by atoms with Crippen LogP contribution >= 0.6 is 11.3 Å². The zero-order chi connectivity index (χ0) is 13.5. The van der Waals surface area contributed by atoms with E-state index in [2.05, 4.69) is 0 Å². The molecule has 1 aliphatic rings. The molecule has 1 aromatic rings. The van der Waals surface area contributed by atoms with Crippen LogP contribution in [0, 0.1) is 0 Å². The highest BCUT2D eigenvalue weighted by Crippen LogP contribution is 2.45.